The zero-order valence-corrected chi connectivity index (χ0v) is 12.8. The first kappa shape index (κ1) is 16.3. The second-order valence-corrected chi connectivity index (χ2v) is 5.64. The van der Waals surface area contributed by atoms with Crippen LogP contribution in [-0.2, 0) is 9.53 Å². The summed E-state index contributed by atoms with van der Waals surface area (Å²) < 4.78 is 5.14. The van der Waals surface area contributed by atoms with Gasteiger partial charge in [-0.1, -0.05) is 18.6 Å². The highest BCUT2D eigenvalue weighted by Crippen LogP contribution is 2.27. The summed E-state index contributed by atoms with van der Waals surface area (Å²) in [7, 11) is 0. The van der Waals surface area contributed by atoms with Gasteiger partial charge in [0, 0.05) is 12.0 Å². The number of hydrogen-bond donors (Lipinski definition) is 2. The minimum absolute atomic E-state index is 0.0401. The number of rotatable bonds is 5. The van der Waals surface area contributed by atoms with E-state index < -0.39 is 6.04 Å². The standard InChI is InChI=1S/C17H22N2O3/c1-2-22-17(21)16(13-6-4-8-15(20)10-13)19-14-7-3-5-12(9-14)11-18/h4,6,8,10,12,14,16,19-20H,2-3,5,7,9H2,1H3/t12-,14-,16-/m1/s1. The highest BCUT2D eigenvalue weighted by molar-refractivity contribution is 5.77. The number of aromatic hydroxyl groups is 1. The van der Waals surface area contributed by atoms with Crippen LogP contribution in [0.25, 0.3) is 0 Å². The van der Waals surface area contributed by atoms with E-state index in [1.54, 1.807) is 31.2 Å². The number of hydrogen-bond acceptors (Lipinski definition) is 5. The molecule has 2 N–H and O–H groups in total. The van der Waals surface area contributed by atoms with Crippen molar-refractivity contribution in [1.29, 1.82) is 5.26 Å². The predicted octanol–water partition coefficient (Wildman–Crippen LogP) is 2.67. The van der Waals surface area contributed by atoms with Gasteiger partial charge in [0.25, 0.3) is 0 Å². The van der Waals surface area contributed by atoms with Gasteiger partial charge in [-0.25, -0.2) is 4.79 Å². The molecule has 0 radical (unpaired) electrons. The molecule has 0 saturated heterocycles. The Morgan fingerprint density at radius 1 is 1.55 bits per heavy atom. The Morgan fingerprint density at radius 3 is 3.05 bits per heavy atom. The largest absolute Gasteiger partial charge is 0.508 e. The van der Waals surface area contributed by atoms with Crippen molar-refractivity contribution in [2.24, 2.45) is 5.92 Å². The first-order valence-electron chi connectivity index (χ1n) is 7.75. The van der Waals surface area contributed by atoms with E-state index >= 15 is 0 Å². The van der Waals surface area contributed by atoms with Crippen LogP contribution < -0.4 is 5.32 Å². The average Bonchev–Trinajstić information content (AvgIpc) is 2.53. The van der Waals surface area contributed by atoms with E-state index in [4.69, 9.17) is 10.00 Å². The maximum absolute atomic E-state index is 12.2. The molecule has 0 heterocycles. The number of phenols is 1. The summed E-state index contributed by atoms with van der Waals surface area (Å²) in [5, 5.41) is 22.0. The van der Waals surface area contributed by atoms with Crippen LogP contribution in [0.3, 0.4) is 0 Å². The van der Waals surface area contributed by atoms with Gasteiger partial charge in [-0.15, -0.1) is 0 Å². The molecule has 1 saturated carbocycles. The second kappa shape index (κ2) is 7.81. The Morgan fingerprint density at radius 2 is 2.36 bits per heavy atom. The van der Waals surface area contributed by atoms with Gasteiger partial charge in [0.15, 0.2) is 0 Å². The number of phenolic OH excluding ortho intramolecular Hbond substituents is 1. The van der Waals surface area contributed by atoms with Crippen molar-refractivity contribution in [3.05, 3.63) is 29.8 Å². The molecule has 0 aromatic heterocycles. The SMILES string of the molecule is CCOC(=O)[C@H](N[C@@H]1CCC[C@@H](C#N)C1)c1cccc(O)c1. The minimum Gasteiger partial charge on any atom is -0.508 e. The van der Waals surface area contributed by atoms with Gasteiger partial charge in [-0.3, -0.25) is 5.32 Å². The van der Waals surface area contributed by atoms with Gasteiger partial charge in [0.05, 0.1) is 12.7 Å². The van der Waals surface area contributed by atoms with Gasteiger partial charge in [-0.05, 0) is 43.9 Å². The van der Waals surface area contributed by atoms with Crippen LogP contribution in [0.4, 0.5) is 0 Å². The third kappa shape index (κ3) is 4.22. The molecule has 1 aliphatic rings. The molecule has 5 nitrogen and oxygen atoms in total. The lowest BCUT2D eigenvalue weighted by Crippen LogP contribution is -2.40. The van der Waals surface area contributed by atoms with Gasteiger partial charge < -0.3 is 9.84 Å². The van der Waals surface area contributed by atoms with Crippen molar-refractivity contribution in [1.82, 2.24) is 5.32 Å². The van der Waals surface area contributed by atoms with Crippen molar-refractivity contribution in [3.8, 4) is 11.8 Å². The van der Waals surface area contributed by atoms with Crippen LogP contribution in [-0.4, -0.2) is 23.7 Å². The zero-order chi connectivity index (χ0) is 15.9. The monoisotopic (exact) mass is 302 g/mol. The van der Waals surface area contributed by atoms with Crippen LogP contribution in [0.5, 0.6) is 5.75 Å². The van der Waals surface area contributed by atoms with Crippen LogP contribution in [0.15, 0.2) is 24.3 Å². The van der Waals surface area contributed by atoms with Crippen molar-refractivity contribution in [2.45, 2.75) is 44.7 Å². The van der Waals surface area contributed by atoms with Crippen LogP contribution in [0.2, 0.25) is 0 Å². The van der Waals surface area contributed by atoms with E-state index in [0.717, 1.165) is 25.7 Å². The molecular formula is C17H22N2O3. The fraction of sp³-hybridized carbons (Fsp3) is 0.529. The molecule has 0 unspecified atom stereocenters. The maximum Gasteiger partial charge on any atom is 0.327 e. The number of nitriles is 1. The van der Waals surface area contributed by atoms with E-state index in [0.29, 0.717) is 12.2 Å². The molecule has 1 aromatic rings. The molecule has 118 valence electrons. The second-order valence-electron chi connectivity index (χ2n) is 5.64. The zero-order valence-electron chi connectivity index (χ0n) is 12.8. The summed E-state index contributed by atoms with van der Waals surface area (Å²) in [5.41, 5.74) is 0.678. The molecule has 1 aromatic carbocycles. The van der Waals surface area contributed by atoms with Gasteiger partial charge in [0.1, 0.15) is 11.8 Å². The van der Waals surface area contributed by atoms with Gasteiger partial charge in [0.2, 0.25) is 0 Å². The first-order valence-corrected chi connectivity index (χ1v) is 7.75. The molecule has 1 fully saturated rings. The Hall–Kier alpha value is -2.06. The Balaban J connectivity index is 2.14. The van der Waals surface area contributed by atoms with Crippen molar-refractivity contribution in [2.75, 3.05) is 6.61 Å². The first-order chi connectivity index (χ1) is 10.6. The lowest BCUT2D eigenvalue weighted by atomic mass is 9.86. The molecule has 22 heavy (non-hydrogen) atoms. The van der Waals surface area contributed by atoms with E-state index in [9.17, 15) is 9.90 Å². The number of carbonyl (C=O) groups excluding carboxylic acids is 1. The van der Waals surface area contributed by atoms with E-state index in [1.807, 2.05) is 0 Å². The van der Waals surface area contributed by atoms with Crippen LogP contribution in [0, 0.1) is 17.2 Å². The molecule has 5 heteroatoms. The normalized spacial score (nSPS) is 22.5. The summed E-state index contributed by atoms with van der Waals surface area (Å²) in [6.07, 6.45) is 3.58. The third-order valence-corrected chi connectivity index (χ3v) is 3.98. The lowest BCUT2D eigenvalue weighted by molar-refractivity contribution is -0.146. The molecule has 3 atom stereocenters. The fourth-order valence-electron chi connectivity index (χ4n) is 2.92. The summed E-state index contributed by atoms with van der Waals surface area (Å²) in [4.78, 5) is 12.2. The third-order valence-electron chi connectivity index (χ3n) is 3.98. The van der Waals surface area contributed by atoms with Gasteiger partial charge in [-0.2, -0.15) is 5.26 Å². The van der Waals surface area contributed by atoms with Crippen LogP contribution >= 0.6 is 0 Å². The smallest absolute Gasteiger partial charge is 0.327 e. The number of carbonyl (C=O) groups is 1. The molecule has 0 bridgehead atoms. The quantitative estimate of drug-likeness (QED) is 0.817. The Kier molecular flexibility index (Phi) is 5.79. The van der Waals surface area contributed by atoms with E-state index in [1.165, 1.54) is 0 Å². The van der Waals surface area contributed by atoms with Gasteiger partial charge >= 0.3 is 5.97 Å². The van der Waals surface area contributed by atoms with E-state index in [2.05, 4.69) is 11.4 Å². The predicted molar refractivity (Wildman–Crippen MR) is 82.0 cm³/mol. The number of benzene rings is 1. The molecule has 0 amide bonds. The Labute approximate surface area is 130 Å². The molecule has 0 spiro atoms. The maximum atomic E-state index is 12.2. The van der Waals surface area contributed by atoms with Crippen molar-refractivity contribution < 1.29 is 14.6 Å². The van der Waals surface area contributed by atoms with E-state index in [-0.39, 0.29) is 23.7 Å². The topological polar surface area (TPSA) is 82.3 Å². The molecule has 1 aliphatic carbocycles. The average molecular weight is 302 g/mol. The van der Waals surface area contributed by atoms with Crippen LogP contribution in [0.1, 0.15) is 44.2 Å². The summed E-state index contributed by atoms with van der Waals surface area (Å²) in [6, 6.07) is 8.44. The number of ether oxygens (including phenoxy) is 1. The molecule has 2 rings (SSSR count). The fourth-order valence-corrected chi connectivity index (χ4v) is 2.92. The minimum atomic E-state index is -0.616. The summed E-state index contributed by atoms with van der Waals surface area (Å²) in [6.45, 7) is 2.07. The number of nitrogens with one attached hydrogen (secondary N) is 1. The molecule has 0 aliphatic heterocycles. The molecular weight excluding hydrogens is 280 g/mol. The number of esters is 1. The lowest BCUT2D eigenvalue weighted by Gasteiger charge is -2.29. The van der Waals surface area contributed by atoms with Crippen molar-refractivity contribution >= 4 is 5.97 Å². The Bertz CT molecular complexity index is 553. The van der Waals surface area contributed by atoms with Crippen molar-refractivity contribution in [3.63, 3.8) is 0 Å². The highest BCUT2D eigenvalue weighted by Gasteiger charge is 2.28. The highest BCUT2D eigenvalue weighted by atomic mass is 16.5. The number of nitrogens with zero attached hydrogens (tertiary/aromatic N) is 1. The summed E-state index contributed by atoms with van der Waals surface area (Å²) >= 11 is 0. The summed E-state index contributed by atoms with van der Waals surface area (Å²) in [5.74, 6) is -0.197.